The van der Waals surface area contributed by atoms with Gasteiger partial charge in [-0.05, 0) is 0 Å². The molecule has 13 heavy (non-hydrogen) atoms. The summed E-state index contributed by atoms with van der Waals surface area (Å²) in [6.45, 7) is 0. The van der Waals surface area contributed by atoms with Crippen molar-refractivity contribution in [2.45, 2.75) is 24.4 Å². The monoisotopic (exact) mass is 192 g/mol. The molecule has 0 aromatic heterocycles. The summed E-state index contributed by atoms with van der Waals surface area (Å²) >= 11 is 0. The van der Waals surface area contributed by atoms with E-state index in [0.717, 1.165) is 0 Å². The van der Waals surface area contributed by atoms with Crippen LogP contribution in [0.5, 0.6) is 0 Å². The molecule has 1 saturated heterocycles. The number of aliphatic carboxylic acids is 1. The van der Waals surface area contributed by atoms with E-state index in [1.54, 1.807) is 0 Å². The molecule has 4 N–H and O–H groups in total. The molecule has 0 radical (unpaired) electrons. The predicted molar refractivity (Wildman–Crippen MR) is 35.5 cm³/mol. The van der Waals surface area contributed by atoms with Crippen LogP contribution in [0.1, 0.15) is 0 Å². The molecule has 1 aliphatic rings. The Labute approximate surface area is 72.2 Å². The number of aliphatic hydroxyl groups is 3. The minimum absolute atomic E-state index is 1.14. The Kier molecular flexibility index (Phi) is 2.50. The van der Waals surface area contributed by atoms with E-state index in [2.05, 4.69) is 4.74 Å². The average molecular weight is 192 g/mol. The average Bonchev–Trinajstić information content (AvgIpc) is 2.31. The lowest BCUT2D eigenvalue weighted by Gasteiger charge is -2.15. The van der Waals surface area contributed by atoms with E-state index in [-0.39, 0.29) is 0 Å². The Morgan fingerprint density at radius 1 is 1.46 bits per heavy atom. The maximum atomic E-state index is 10.6. The van der Waals surface area contributed by atoms with Gasteiger partial charge in [0.1, 0.15) is 6.10 Å². The van der Waals surface area contributed by atoms with Gasteiger partial charge in [-0.3, -0.25) is 0 Å². The number of carboxylic acid groups (broad SMARTS) is 1. The Morgan fingerprint density at radius 3 is 2.31 bits per heavy atom. The highest BCUT2D eigenvalue weighted by atomic mass is 16.6. The second-order valence-electron chi connectivity index (χ2n) is 2.62. The molecule has 1 fully saturated rings. The predicted octanol–water partition coefficient (Wildman–Crippen LogP) is -2.92. The molecular weight excluding hydrogens is 184 g/mol. The van der Waals surface area contributed by atoms with E-state index in [9.17, 15) is 9.59 Å². The molecule has 0 saturated carbocycles. The summed E-state index contributed by atoms with van der Waals surface area (Å²) in [6.07, 6.45) is -7.14. The molecule has 0 amide bonds. The van der Waals surface area contributed by atoms with Crippen LogP contribution in [0.2, 0.25) is 0 Å². The Balaban J connectivity index is 2.73. The zero-order chi connectivity index (χ0) is 10.2. The van der Waals surface area contributed by atoms with Crippen LogP contribution in [0, 0.1) is 0 Å². The van der Waals surface area contributed by atoms with E-state index in [1.807, 2.05) is 0 Å². The molecule has 3 unspecified atom stereocenters. The van der Waals surface area contributed by atoms with Crippen molar-refractivity contribution >= 4 is 11.9 Å². The quantitative estimate of drug-likeness (QED) is 0.345. The number of carbonyl (C=O) groups excluding carboxylic acids is 1. The summed E-state index contributed by atoms with van der Waals surface area (Å²) in [4.78, 5) is 20.8. The van der Waals surface area contributed by atoms with Crippen molar-refractivity contribution in [2.75, 3.05) is 0 Å². The molecule has 7 heteroatoms. The molecular formula is C6H8O7. The van der Waals surface area contributed by atoms with Gasteiger partial charge in [0, 0.05) is 0 Å². The molecule has 0 bridgehead atoms. The van der Waals surface area contributed by atoms with Gasteiger partial charge in [-0.1, -0.05) is 0 Å². The van der Waals surface area contributed by atoms with E-state index >= 15 is 0 Å². The molecule has 1 aliphatic heterocycles. The molecule has 0 aliphatic carbocycles. The summed E-state index contributed by atoms with van der Waals surface area (Å²) < 4.78 is 4.24. The van der Waals surface area contributed by atoms with E-state index in [4.69, 9.17) is 20.4 Å². The van der Waals surface area contributed by atoms with Gasteiger partial charge in [0.05, 0.1) is 0 Å². The van der Waals surface area contributed by atoms with Crippen LogP contribution in [0.15, 0.2) is 0 Å². The summed E-state index contributed by atoms with van der Waals surface area (Å²) in [6, 6.07) is 0. The Morgan fingerprint density at radius 2 is 2.00 bits per heavy atom. The highest BCUT2D eigenvalue weighted by molar-refractivity contribution is 5.80. The number of esters is 1. The van der Waals surface area contributed by atoms with Crippen molar-refractivity contribution in [3.8, 4) is 0 Å². The first-order valence-electron chi connectivity index (χ1n) is 3.42. The molecule has 4 atom stereocenters. The van der Waals surface area contributed by atoms with Gasteiger partial charge >= 0.3 is 11.9 Å². The Hall–Kier alpha value is -1.18. The third-order valence-electron chi connectivity index (χ3n) is 1.72. The zero-order valence-electron chi connectivity index (χ0n) is 6.32. The first kappa shape index (κ1) is 9.90. The van der Waals surface area contributed by atoms with Crippen LogP contribution in [0.4, 0.5) is 0 Å². The van der Waals surface area contributed by atoms with Gasteiger partial charge in [0.25, 0.3) is 0 Å². The maximum absolute atomic E-state index is 10.6. The number of carboxylic acids is 1. The van der Waals surface area contributed by atoms with Crippen molar-refractivity contribution in [1.82, 2.24) is 0 Å². The van der Waals surface area contributed by atoms with Crippen molar-refractivity contribution in [1.29, 1.82) is 0 Å². The molecule has 74 valence electrons. The zero-order valence-corrected chi connectivity index (χ0v) is 6.32. The SMILES string of the molecule is O=C1OC([C@@H](O)C(=O)O)C(O)C1O. The number of cyclic esters (lactones) is 1. The van der Waals surface area contributed by atoms with Crippen molar-refractivity contribution < 1.29 is 34.8 Å². The fourth-order valence-electron chi connectivity index (χ4n) is 0.984. The van der Waals surface area contributed by atoms with Crippen molar-refractivity contribution in [2.24, 2.45) is 0 Å². The number of ether oxygens (including phenoxy) is 1. The minimum Gasteiger partial charge on any atom is -0.479 e. The highest BCUT2D eigenvalue weighted by Gasteiger charge is 2.48. The van der Waals surface area contributed by atoms with Crippen LogP contribution in [-0.2, 0) is 14.3 Å². The summed E-state index contributed by atoms with van der Waals surface area (Å²) in [5.74, 6) is -2.77. The van der Waals surface area contributed by atoms with Crippen LogP contribution in [0.3, 0.4) is 0 Å². The van der Waals surface area contributed by atoms with Crippen molar-refractivity contribution in [3.05, 3.63) is 0 Å². The molecule has 0 spiro atoms. The van der Waals surface area contributed by atoms with E-state index < -0.39 is 36.4 Å². The lowest BCUT2D eigenvalue weighted by molar-refractivity contribution is -0.161. The fraction of sp³-hybridized carbons (Fsp3) is 0.667. The van der Waals surface area contributed by atoms with Gasteiger partial charge < -0.3 is 25.2 Å². The Bertz CT molecular complexity index is 237. The summed E-state index contributed by atoms with van der Waals surface area (Å²) in [5.41, 5.74) is 0. The van der Waals surface area contributed by atoms with Gasteiger partial charge in [-0.2, -0.15) is 0 Å². The van der Waals surface area contributed by atoms with Gasteiger partial charge in [0.15, 0.2) is 18.3 Å². The van der Waals surface area contributed by atoms with E-state index in [0.29, 0.717) is 0 Å². The summed E-state index contributed by atoms with van der Waals surface area (Å²) in [7, 11) is 0. The van der Waals surface area contributed by atoms with Gasteiger partial charge in [-0.15, -0.1) is 0 Å². The number of aliphatic hydroxyl groups excluding tert-OH is 3. The van der Waals surface area contributed by atoms with E-state index in [1.165, 1.54) is 0 Å². The van der Waals surface area contributed by atoms with Crippen LogP contribution < -0.4 is 0 Å². The largest absolute Gasteiger partial charge is 0.479 e. The van der Waals surface area contributed by atoms with Crippen LogP contribution in [-0.4, -0.2) is 56.8 Å². The molecule has 1 heterocycles. The molecule has 1 rings (SSSR count). The molecule has 7 nitrogen and oxygen atoms in total. The van der Waals surface area contributed by atoms with Gasteiger partial charge in [-0.25, -0.2) is 9.59 Å². The minimum atomic E-state index is -2.03. The second-order valence-corrected chi connectivity index (χ2v) is 2.62. The number of hydrogen-bond donors (Lipinski definition) is 4. The number of rotatable bonds is 2. The topological polar surface area (TPSA) is 124 Å². The molecule has 0 aromatic carbocycles. The lowest BCUT2D eigenvalue weighted by Crippen LogP contribution is -2.42. The standard InChI is InChI=1S/C6H8O7/c7-1-2(8)6(12)13-4(1)3(9)5(10)11/h1-4,7-9H,(H,10,11)/t1?,2?,3-,4?/m1/s1. The maximum Gasteiger partial charge on any atom is 0.338 e. The first-order valence-corrected chi connectivity index (χ1v) is 3.42. The highest BCUT2D eigenvalue weighted by Crippen LogP contribution is 2.18. The normalized spacial score (nSPS) is 35.6. The summed E-state index contributed by atoms with van der Waals surface area (Å²) in [5, 5.41) is 35.0. The second kappa shape index (κ2) is 3.29. The molecule has 0 aromatic rings. The third kappa shape index (κ3) is 1.62. The van der Waals surface area contributed by atoms with Crippen LogP contribution >= 0.6 is 0 Å². The number of hydrogen-bond acceptors (Lipinski definition) is 6. The van der Waals surface area contributed by atoms with Crippen LogP contribution in [0.25, 0.3) is 0 Å². The van der Waals surface area contributed by atoms with Crippen molar-refractivity contribution in [3.63, 3.8) is 0 Å². The fourth-order valence-corrected chi connectivity index (χ4v) is 0.984. The third-order valence-corrected chi connectivity index (χ3v) is 1.72. The smallest absolute Gasteiger partial charge is 0.338 e. The van der Waals surface area contributed by atoms with Gasteiger partial charge in [0.2, 0.25) is 0 Å². The lowest BCUT2D eigenvalue weighted by atomic mass is 10.1. The first-order chi connectivity index (χ1) is 5.95. The number of carbonyl (C=O) groups is 2.